The Kier molecular flexibility index (Phi) is 9.37. The highest BCUT2D eigenvalue weighted by molar-refractivity contribution is 6.08. The topological polar surface area (TPSA) is 136 Å². The van der Waals surface area contributed by atoms with Crippen molar-refractivity contribution < 1.29 is 29.1 Å². The average molecular weight is 509 g/mol. The number of carboxylic acids is 1. The molecule has 0 saturated heterocycles. The van der Waals surface area contributed by atoms with Crippen molar-refractivity contribution in [3.05, 3.63) is 60.2 Å². The minimum absolute atomic E-state index is 0.204. The molecule has 2 aromatic carbocycles. The third kappa shape index (κ3) is 7.39. The largest absolute Gasteiger partial charge is 0.481 e. The minimum Gasteiger partial charge on any atom is -0.481 e. The summed E-state index contributed by atoms with van der Waals surface area (Å²) in [7, 11) is 0. The maximum atomic E-state index is 13.8. The second kappa shape index (κ2) is 12.7. The van der Waals surface area contributed by atoms with Crippen molar-refractivity contribution in [3.8, 4) is 0 Å². The smallest absolute Gasteiger partial charge is 0.305 e. The van der Waals surface area contributed by atoms with E-state index in [-0.39, 0.29) is 6.54 Å². The van der Waals surface area contributed by atoms with E-state index in [2.05, 4.69) is 24.5 Å². The lowest BCUT2D eigenvalue weighted by molar-refractivity contribution is -0.138. The van der Waals surface area contributed by atoms with Crippen LogP contribution in [-0.4, -0.2) is 66.8 Å². The van der Waals surface area contributed by atoms with E-state index in [0.717, 1.165) is 12.1 Å². The fourth-order valence-corrected chi connectivity index (χ4v) is 4.11. The molecule has 0 radical (unpaired) electrons. The zero-order chi connectivity index (χ0) is 26.9. The van der Waals surface area contributed by atoms with E-state index in [1.165, 1.54) is 4.90 Å². The summed E-state index contributed by atoms with van der Waals surface area (Å²) in [5.41, 5.74) is 1.62. The number of aliphatic carboxylic acids is 1. The minimum atomic E-state index is -1.24. The molecule has 0 unspecified atom stereocenters. The van der Waals surface area contributed by atoms with Crippen LogP contribution in [0.4, 0.5) is 11.4 Å². The number of anilines is 2. The number of para-hydroxylation sites is 2. The van der Waals surface area contributed by atoms with Gasteiger partial charge in [-0.15, -0.1) is 0 Å². The molecule has 0 saturated carbocycles. The van der Waals surface area contributed by atoms with Gasteiger partial charge in [0.25, 0.3) is 11.8 Å². The molecule has 10 heteroatoms. The first kappa shape index (κ1) is 27.4. The van der Waals surface area contributed by atoms with Crippen molar-refractivity contribution in [3.63, 3.8) is 0 Å². The molecule has 1 aliphatic heterocycles. The van der Waals surface area contributed by atoms with Gasteiger partial charge in [-0.05, 0) is 36.6 Å². The Bertz CT molecular complexity index is 1140. The molecular formula is C27H32N4O6. The van der Waals surface area contributed by atoms with E-state index in [1.807, 2.05) is 17.0 Å². The Balaban J connectivity index is 1.93. The van der Waals surface area contributed by atoms with Crippen LogP contribution >= 0.6 is 0 Å². The first-order valence-corrected chi connectivity index (χ1v) is 12.2. The van der Waals surface area contributed by atoms with Crippen LogP contribution in [-0.2, 0) is 19.2 Å². The quantitative estimate of drug-likeness (QED) is 0.394. The zero-order valence-corrected chi connectivity index (χ0v) is 20.9. The second-order valence-electron chi connectivity index (χ2n) is 9.34. The lowest BCUT2D eigenvalue weighted by atomic mass is 10.1. The van der Waals surface area contributed by atoms with Crippen LogP contribution in [0.15, 0.2) is 54.6 Å². The molecule has 3 N–H and O–H groups in total. The monoisotopic (exact) mass is 508 g/mol. The lowest BCUT2D eigenvalue weighted by Crippen LogP contribution is -2.54. The van der Waals surface area contributed by atoms with Gasteiger partial charge in [-0.2, -0.15) is 0 Å². The summed E-state index contributed by atoms with van der Waals surface area (Å²) >= 11 is 0. The first-order chi connectivity index (χ1) is 17.7. The van der Waals surface area contributed by atoms with Crippen LogP contribution in [0.1, 0.15) is 37.0 Å². The summed E-state index contributed by atoms with van der Waals surface area (Å²) < 4.78 is 0. The fourth-order valence-electron chi connectivity index (χ4n) is 4.11. The summed E-state index contributed by atoms with van der Waals surface area (Å²) in [5.74, 6) is -2.43. The van der Waals surface area contributed by atoms with Crippen LogP contribution in [0.2, 0.25) is 0 Å². The summed E-state index contributed by atoms with van der Waals surface area (Å²) in [6.45, 7) is 4.58. The van der Waals surface area contributed by atoms with Crippen molar-refractivity contribution in [2.75, 3.05) is 29.4 Å². The van der Waals surface area contributed by atoms with Gasteiger partial charge in [0, 0.05) is 18.7 Å². The number of nitrogens with zero attached hydrogens (tertiary/aromatic N) is 2. The number of carbonyl (C=O) groups is 5. The SMILES string of the molecule is CC(C)CCN1C[C@H](NC(=O)c2ccccc2)C(=O)N(CC(=O)N[C@H](C=O)CC(=O)O)c2ccccc21. The molecule has 3 amide bonds. The van der Waals surface area contributed by atoms with Crippen molar-refractivity contribution in [1.29, 1.82) is 0 Å². The summed E-state index contributed by atoms with van der Waals surface area (Å²) in [6.07, 6.45) is 0.623. The maximum Gasteiger partial charge on any atom is 0.305 e. The molecule has 10 nitrogen and oxygen atoms in total. The highest BCUT2D eigenvalue weighted by atomic mass is 16.4. The van der Waals surface area contributed by atoms with E-state index in [4.69, 9.17) is 5.11 Å². The van der Waals surface area contributed by atoms with E-state index in [0.29, 0.717) is 30.0 Å². The molecule has 0 bridgehead atoms. The van der Waals surface area contributed by atoms with E-state index in [1.54, 1.807) is 42.5 Å². The van der Waals surface area contributed by atoms with Gasteiger partial charge in [0.05, 0.1) is 23.8 Å². The Hall–Kier alpha value is -4.21. The molecule has 3 rings (SSSR count). The Morgan fingerprint density at radius 2 is 1.70 bits per heavy atom. The first-order valence-electron chi connectivity index (χ1n) is 12.2. The number of nitrogens with one attached hydrogen (secondary N) is 2. The van der Waals surface area contributed by atoms with Gasteiger partial charge in [-0.3, -0.25) is 24.1 Å². The number of carboxylic acid groups (broad SMARTS) is 1. The molecule has 0 aliphatic carbocycles. The molecule has 37 heavy (non-hydrogen) atoms. The standard InChI is InChI=1S/C27H32N4O6/c1-18(2)12-13-30-15-21(29-26(36)19-8-4-3-5-9-19)27(37)31(23-11-7-6-10-22(23)30)16-24(33)28-20(17-32)14-25(34)35/h3-11,17-18,20-21H,12-16H2,1-2H3,(H,28,33)(H,29,36)(H,34,35)/t20-,21-/m0/s1. The van der Waals surface area contributed by atoms with Crippen LogP contribution < -0.4 is 20.4 Å². The number of hydrogen-bond acceptors (Lipinski definition) is 6. The lowest BCUT2D eigenvalue weighted by Gasteiger charge is -2.27. The number of amides is 3. The zero-order valence-electron chi connectivity index (χ0n) is 20.9. The Labute approximate surface area is 215 Å². The highest BCUT2D eigenvalue weighted by Crippen LogP contribution is 2.33. The molecule has 2 aromatic rings. The average Bonchev–Trinajstić information content (AvgIpc) is 2.98. The van der Waals surface area contributed by atoms with Gasteiger partial charge in [0.2, 0.25) is 5.91 Å². The predicted octanol–water partition coefficient (Wildman–Crippen LogP) is 1.84. The summed E-state index contributed by atoms with van der Waals surface area (Å²) in [4.78, 5) is 65.1. The normalized spacial score (nSPS) is 16.0. The van der Waals surface area contributed by atoms with Crippen LogP contribution in [0.5, 0.6) is 0 Å². The Morgan fingerprint density at radius 3 is 2.32 bits per heavy atom. The van der Waals surface area contributed by atoms with Gasteiger partial charge >= 0.3 is 5.97 Å². The van der Waals surface area contributed by atoms with Gasteiger partial charge in [0.1, 0.15) is 18.9 Å². The number of benzene rings is 2. The molecular weight excluding hydrogens is 476 g/mol. The molecule has 0 aromatic heterocycles. The second-order valence-corrected chi connectivity index (χ2v) is 9.34. The summed E-state index contributed by atoms with van der Waals surface area (Å²) in [5, 5.41) is 14.2. The van der Waals surface area contributed by atoms with Crippen molar-refractivity contribution in [2.45, 2.75) is 38.8 Å². The highest BCUT2D eigenvalue weighted by Gasteiger charge is 2.36. The third-order valence-corrected chi connectivity index (χ3v) is 6.00. The Morgan fingerprint density at radius 1 is 1.05 bits per heavy atom. The van der Waals surface area contributed by atoms with E-state index < -0.39 is 48.7 Å². The number of aldehydes is 1. The molecule has 196 valence electrons. The molecule has 1 aliphatic rings. The van der Waals surface area contributed by atoms with Crippen molar-refractivity contribution in [2.24, 2.45) is 5.92 Å². The van der Waals surface area contributed by atoms with Crippen LogP contribution in [0.25, 0.3) is 0 Å². The van der Waals surface area contributed by atoms with Gasteiger partial charge < -0.3 is 25.4 Å². The number of hydrogen-bond donors (Lipinski definition) is 3. The predicted molar refractivity (Wildman–Crippen MR) is 138 cm³/mol. The molecule has 0 fully saturated rings. The van der Waals surface area contributed by atoms with Crippen molar-refractivity contribution in [1.82, 2.24) is 10.6 Å². The third-order valence-electron chi connectivity index (χ3n) is 6.00. The molecule has 2 atom stereocenters. The van der Waals surface area contributed by atoms with Crippen LogP contribution in [0.3, 0.4) is 0 Å². The number of carbonyl (C=O) groups excluding carboxylic acids is 4. The summed E-state index contributed by atoms with van der Waals surface area (Å²) in [6, 6.07) is 13.5. The van der Waals surface area contributed by atoms with Crippen molar-refractivity contribution >= 4 is 41.4 Å². The fraction of sp³-hybridized carbons (Fsp3) is 0.370. The number of fused-ring (bicyclic) bond motifs is 1. The van der Waals surface area contributed by atoms with Crippen LogP contribution in [0, 0.1) is 5.92 Å². The molecule has 0 spiro atoms. The van der Waals surface area contributed by atoms with Gasteiger partial charge in [-0.25, -0.2) is 0 Å². The maximum absolute atomic E-state index is 13.8. The van der Waals surface area contributed by atoms with E-state index in [9.17, 15) is 24.0 Å². The van der Waals surface area contributed by atoms with E-state index >= 15 is 0 Å². The van der Waals surface area contributed by atoms with Gasteiger partial charge in [-0.1, -0.05) is 44.2 Å². The molecule has 1 heterocycles. The van der Waals surface area contributed by atoms with Gasteiger partial charge in [0.15, 0.2) is 0 Å². The number of rotatable bonds is 11.